The van der Waals surface area contributed by atoms with E-state index in [-0.39, 0.29) is 29.7 Å². The molecule has 6 heteroatoms. The predicted molar refractivity (Wildman–Crippen MR) is 114 cm³/mol. The average molecular weight is 399 g/mol. The molecule has 29 heavy (non-hydrogen) atoms. The van der Waals surface area contributed by atoms with E-state index in [4.69, 9.17) is 11.5 Å². The van der Waals surface area contributed by atoms with Gasteiger partial charge in [-0.15, -0.1) is 0 Å². The van der Waals surface area contributed by atoms with Crippen LogP contribution >= 0.6 is 0 Å². The van der Waals surface area contributed by atoms with Gasteiger partial charge < -0.3 is 16.8 Å². The Bertz CT molecular complexity index is 721. The molecule has 2 amide bonds. The zero-order chi connectivity index (χ0) is 20.4. The normalized spacial score (nSPS) is 32.5. The fraction of sp³-hybridized carbons (Fsp3) is 0.652. The second-order valence-electron chi connectivity index (χ2n) is 9.36. The monoisotopic (exact) mass is 398 g/mol. The highest BCUT2D eigenvalue weighted by atomic mass is 16.2. The zero-order valence-electron chi connectivity index (χ0n) is 17.2. The van der Waals surface area contributed by atoms with Crippen LogP contribution in [0.15, 0.2) is 24.3 Å². The molecule has 2 saturated carbocycles. The summed E-state index contributed by atoms with van der Waals surface area (Å²) >= 11 is 0. The third-order valence-corrected chi connectivity index (χ3v) is 7.32. The number of nitrogens with two attached hydrogens (primary N) is 2. The third-order valence-electron chi connectivity index (χ3n) is 7.32. The van der Waals surface area contributed by atoms with Gasteiger partial charge in [-0.05, 0) is 74.6 Å². The number of anilines is 1. The molecule has 0 spiro atoms. The highest BCUT2D eigenvalue weighted by molar-refractivity contribution is 5.92. The van der Waals surface area contributed by atoms with Crippen molar-refractivity contribution in [2.75, 3.05) is 18.4 Å². The van der Waals surface area contributed by atoms with E-state index in [1.54, 1.807) is 0 Å². The number of fused-ring (bicyclic) bond motifs is 2. The molecule has 3 unspecified atom stereocenters. The second-order valence-corrected chi connectivity index (χ2v) is 9.36. The molecule has 5 N–H and O–H groups in total. The summed E-state index contributed by atoms with van der Waals surface area (Å²) < 4.78 is 0. The predicted octanol–water partition coefficient (Wildman–Crippen LogP) is 2.48. The van der Waals surface area contributed by atoms with Gasteiger partial charge in [0.2, 0.25) is 11.8 Å². The van der Waals surface area contributed by atoms with Gasteiger partial charge >= 0.3 is 0 Å². The summed E-state index contributed by atoms with van der Waals surface area (Å²) in [6.07, 6.45) is 7.36. The maximum absolute atomic E-state index is 12.8. The summed E-state index contributed by atoms with van der Waals surface area (Å²) in [5.41, 5.74) is 13.9. The summed E-state index contributed by atoms with van der Waals surface area (Å²) in [4.78, 5) is 26.6. The van der Waals surface area contributed by atoms with Crippen LogP contribution in [-0.4, -0.2) is 35.8 Å². The molecule has 1 aliphatic heterocycles. The first-order valence-electron chi connectivity index (χ1n) is 11.2. The van der Waals surface area contributed by atoms with Crippen LogP contribution < -0.4 is 16.8 Å². The first-order valence-corrected chi connectivity index (χ1v) is 11.2. The molecule has 3 aliphatic rings. The van der Waals surface area contributed by atoms with Gasteiger partial charge in [0.1, 0.15) is 0 Å². The van der Waals surface area contributed by atoms with Crippen molar-refractivity contribution in [3.05, 3.63) is 29.8 Å². The number of rotatable bonds is 5. The summed E-state index contributed by atoms with van der Waals surface area (Å²) in [7, 11) is 0. The fourth-order valence-corrected chi connectivity index (χ4v) is 5.63. The quantitative estimate of drug-likeness (QED) is 0.709. The van der Waals surface area contributed by atoms with Gasteiger partial charge in [0.05, 0.1) is 5.92 Å². The minimum atomic E-state index is -0.194. The van der Waals surface area contributed by atoms with E-state index < -0.39 is 0 Å². The molecule has 158 valence electrons. The Morgan fingerprint density at radius 3 is 2.34 bits per heavy atom. The van der Waals surface area contributed by atoms with Gasteiger partial charge in [-0.3, -0.25) is 14.5 Å². The summed E-state index contributed by atoms with van der Waals surface area (Å²) in [5, 5.41) is 3.11. The molecule has 2 aliphatic carbocycles. The van der Waals surface area contributed by atoms with Crippen LogP contribution in [-0.2, 0) is 16.1 Å². The molecule has 2 bridgehead atoms. The summed E-state index contributed by atoms with van der Waals surface area (Å²) in [6.45, 7) is 2.54. The van der Waals surface area contributed by atoms with E-state index >= 15 is 0 Å². The van der Waals surface area contributed by atoms with Crippen LogP contribution in [0.5, 0.6) is 0 Å². The van der Waals surface area contributed by atoms with Crippen LogP contribution in [0.1, 0.15) is 50.5 Å². The second kappa shape index (κ2) is 8.84. The largest absolute Gasteiger partial charge is 0.369 e. The van der Waals surface area contributed by atoms with Gasteiger partial charge in [-0.2, -0.15) is 0 Å². The lowest BCUT2D eigenvalue weighted by Gasteiger charge is -2.43. The van der Waals surface area contributed by atoms with Crippen molar-refractivity contribution in [3.63, 3.8) is 0 Å². The third kappa shape index (κ3) is 4.81. The van der Waals surface area contributed by atoms with Crippen LogP contribution in [0.25, 0.3) is 0 Å². The summed E-state index contributed by atoms with van der Waals surface area (Å²) in [5.74, 6) is 1.01. The topological polar surface area (TPSA) is 101 Å². The highest BCUT2D eigenvalue weighted by Crippen LogP contribution is 2.42. The van der Waals surface area contributed by atoms with Gasteiger partial charge in [0, 0.05) is 30.7 Å². The Hall–Kier alpha value is -1.92. The molecule has 1 saturated heterocycles. The SMILES string of the molecule is NC(=O)C1CCCN(Cc2ccc(NC(=O)C3CC4CCCC(C3)C4N)cc2)C1. The summed E-state index contributed by atoms with van der Waals surface area (Å²) in [6, 6.07) is 8.39. The van der Waals surface area contributed by atoms with Crippen LogP contribution in [0.3, 0.4) is 0 Å². The lowest BCUT2D eigenvalue weighted by atomic mass is 9.65. The van der Waals surface area contributed by atoms with E-state index in [9.17, 15) is 9.59 Å². The van der Waals surface area contributed by atoms with Crippen LogP contribution in [0.4, 0.5) is 5.69 Å². The van der Waals surface area contributed by atoms with E-state index in [0.29, 0.717) is 11.8 Å². The number of hydrogen-bond acceptors (Lipinski definition) is 4. The van der Waals surface area contributed by atoms with E-state index in [1.165, 1.54) is 24.8 Å². The Morgan fingerprint density at radius 1 is 1.00 bits per heavy atom. The molecule has 0 aromatic heterocycles. The van der Waals surface area contributed by atoms with Gasteiger partial charge in [-0.25, -0.2) is 0 Å². The van der Waals surface area contributed by atoms with Gasteiger partial charge in [-0.1, -0.05) is 18.6 Å². The zero-order valence-corrected chi connectivity index (χ0v) is 17.2. The Morgan fingerprint density at radius 2 is 1.69 bits per heavy atom. The minimum Gasteiger partial charge on any atom is -0.369 e. The number of carbonyl (C=O) groups excluding carboxylic acids is 2. The fourth-order valence-electron chi connectivity index (χ4n) is 5.63. The maximum Gasteiger partial charge on any atom is 0.227 e. The molecular weight excluding hydrogens is 364 g/mol. The number of benzene rings is 1. The van der Waals surface area contributed by atoms with Crippen molar-refractivity contribution < 1.29 is 9.59 Å². The number of hydrogen-bond donors (Lipinski definition) is 3. The molecule has 1 aromatic carbocycles. The van der Waals surface area contributed by atoms with Crippen LogP contribution in [0, 0.1) is 23.7 Å². The number of carbonyl (C=O) groups is 2. The molecule has 3 atom stereocenters. The number of primary amides is 1. The number of amides is 2. The minimum absolute atomic E-state index is 0.0367. The Balaban J connectivity index is 1.30. The average Bonchev–Trinajstić information content (AvgIpc) is 2.69. The van der Waals surface area contributed by atoms with Crippen molar-refractivity contribution in [2.24, 2.45) is 35.1 Å². The van der Waals surface area contributed by atoms with Crippen molar-refractivity contribution in [1.29, 1.82) is 0 Å². The molecule has 1 aromatic rings. The number of nitrogens with zero attached hydrogens (tertiary/aromatic N) is 1. The number of likely N-dealkylation sites (tertiary alicyclic amines) is 1. The van der Waals surface area contributed by atoms with E-state index in [0.717, 1.165) is 51.0 Å². The Kier molecular flexibility index (Phi) is 6.20. The Labute approximate surface area is 173 Å². The highest BCUT2D eigenvalue weighted by Gasteiger charge is 2.40. The molecular formula is C23H34N4O2. The standard InChI is InChI=1S/C23H34N4O2/c24-21-16-3-1-4-17(21)12-19(11-16)23(29)26-20-8-6-15(7-9-20)13-27-10-2-5-18(14-27)22(25)28/h6-9,16-19,21H,1-5,10-14,24H2,(H2,25,28)(H,26,29). The van der Waals surface area contributed by atoms with Crippen molar-refractivity contribution >= 4 is 17.5 Å². The van der Waals surface area contributed by atoms with Crippen molar-refractivity contribution in [3.8, 4) is 0 Å². The molecule has 4 rings (SSSR count). The maximum atomic E-state index is 12.8. The lowest BCUT2D eigenvalue weighted by Crippen LogP contribution is -2.48. The first kappa shape index (κ1) is 20.4. The lowest BCUT2D eigenvalue weighted by molar-refractivity contribution is -0.124. The first-order chi connectivity index (χ1) is 14.0. The van der Waals surface area contributed by atoms with Crippen molar-refractivity contribution in [2.45, 2.75) is 57.5 Å². The van der Waals surface area contributed by atoms with Gasteiger partial charge in [0.15, 0.2) is 0 Å². The molecule has 3 fully saturated rings. The van der Waals surface area contributed by atoms with Gasteiger partial charge in [0.25, 0.3) is 0 Å². The smallest absolute Gasteiger partial charge is 0.227 e. The van der Waals surface area contributed by atoms with E-state index in [2.05, 4.69) is 22.3 Å². The van der Waals surface area contributed by atoms with Crippen LogP contribution in [0.2, 0.25) is 0 Å². The van der Waals surface area contributed by atoms with Crippen molar-refractivity contribution in [1.82, 2.24) is 4.90 Å². The molecule has 6 nitrogen and oxygen atoms in total. The molecule has 1 heterocycles. The van der Waals surface area contributed by atoms with E-state index in [1.807, 2.05) is 12.1 Å². The number of nitrogens with one attached hydrogen (secondary N) is 1. The molecule has 0 radical (unpaired) electrons. The number of piperidine rings is 1.